The summed E-state index contributed by atoms with van der Waals surface area (Å²) in [6.45, 7) is 1.07. The van der Waals surface area contributed by atoms with Crippen LogP contribution in [0.5, 0.6) is 5.75 Å². The zero-order chi connectivity index (χ0) is 21.1. The number of anilines is 1. The van der Waals surface area contributed by atoms with Gasteiger partial charge in [0.05, 0.1) is 7.11 Å². The zero-order valence-electron chi connectivity index (χ0n) is 16.3. The van der Waals surface area contributed by atoms with Gasteiger partial charge in [-0.25, -0.2) is 22.8 Å². The average molecular weight is 429 g/mol. The number of hydrogen-bond donors (Lipinski definition) is 0. The van der Waals surface area contributed by atoms with E-state index < -0.39 is 15.8 Å². The molecule has 1 aliphatic rings. The number of hydrogen-bond acceptors (Lipinski definition) is 7. The van der Waals surface area contributed by atoms with Crippen LogP contribution in [0.2, 0.25) is 0 Å². The highest BCUT2D eigenvalue weighted by atomic mass is 32.2. The Morgan fingerprint density at radius 2 is 1.77 bits per heavy atom. The maximum atomic E-state index is 15.2. The first-order chi connectivity index (χ1) is 14.5. The van der Waals surface area contributed by atoms with Gasteiger partial charge in [0.25, 0.3) is 0 Å². The molecule has 1 aromatic carbocycles. The van der Waals surface area contributed by atoms with Gasteiger partial charge < -0.3 is 9.64 Å². The van der Waals surface area contributed by atoms with Crippen LogP contribution < -0.4 is 9.64 Å². The minimum Gasteiger partial charge on any atom is -0.497 e. The smallest absolute Gasteiger partial charge is 0.244 e. The first kappa shape index (κ1) is 20.2. The summed E-state index contributed by atoms with van der Waals surface area (Å²) in [5, 5.41) is 0. The van der Waals surface area contributed by atoms with Gasteiger partial charge in [0.1, 0.15) is 22.7 Å². The Kier molecular flexibility index (Phi) is 5.60. The molecule has 3 heterocycles. The topological polar surface area (TPSA) is 88.5 Å². The molecule has 0 radical (unpaired) electrons. The Balaban J connectivity index is 1.52. The second-order valence-corrected chi connectivity index (χ2v) is 8.61. The molecule has 1 aliphatic heterocycles. The summed E-state index contributed by atoms with van der Waals surface area (Å²) in [6, 6.07) is 10.0. The number of halogens is 1. The molecule has 3 aromatic rings. The number of methoxy groups -OCH3 is 1. The Hall–Kier alpha value is -3.11. The van der Waals surface area contributed by atoms with Gasteiger partial charge in [-0.05, 0) is 36.4 Å². The predicted molar refractivity (Wildman–Crippen MR) is 109 cm³/mol. The van der Waals surface area contributed by atoms with Crippen molar-refractivity contribution in [2.75, 3.05) is 38.2 Å². The van der Waals surface area contributed by atoms with Crippen molar-refractivity contribution in [3.05, 3.63) is 60.9 Å². The first-order valence-electron chi connectivity index (χ1n) is 9.31. The third kappa shape index (κ3) is 3.83. The third-order valence-corrected chi connectivity index (χ3v) is 6.83. The lowest BCUT2D eigenvalue weighted by Crippen LogP contribution is -2.49. The van der Waals surface area contributed by atoms with E-state index in [1.165, 1.54) is 29.1 Å². The number of aromatic nitrogens is 3. The molecule has 2 aromatic heterocycles. The molecule has 0 amide bonds. The van der Waals surface area contributed by atoms with Gasteiger partial charge in [-0.15, -0.1) is 0 Å². The maximum Gasteiger partial charge on any atom is 0.244 e. The van der Waals surface area contributed by atoms with E-state index in [1.54, 1.807) is 42.3 Å². The van der Waals surface area contributed by atoms with Crippen molar-refractivity contribution in [3.63, 3.8) is 0 Å². The lowest BCUT2D eigenvalue weighted by atomic mass is 10.1. The molecule has 156 valence electrons. The quantitative estimate of drug-likeness (QED) is 0.614. The monoisotopic (exact) mass is 429 g/mol. The molecule has 4 rings (SSSR count). The van der Waals surface area contributed by atoms with Crippen molar-refractivity contribution in [2.24, 2.45) is 0 Å². The van der Waals surface area contributed by atoms with Crippen molar-refractivity contribution in [2.45, 2.75) is 4.90 Å². The summed E-state index contributed by atoms with van der Waals surface area (Å²) in [5.74, 6) is 0.292. The minimum atomic E-state index is -3.63. The number of nitrogens with zero attached hydrogens (tertiary/aromatic N) is 5. The Morgan fingerprint density at radius 3 is 2.40 bits per heavy atom. The van der Waals surface area contributed by atoms with Gasteiger partial charge in [-0.1, -0.05) is 0 Å². The van der Waals surface area contributed by atoms with Crippen LogP contribution in [-0.2, 0) is 10.0 Å². The molecular weight excluding hydrogens is 409 g/mol. The zero-order valence-corrected chi connectivity index (χ0v) is 17.1. The van der Waals surface area contributed by atoms with Crippen LogP contribution in [0.1, 0.15) is 0 Å². The molecule has 0 bridgehead atoms. The van der Waals surface area contributed by atoms with Crippen LogP contribution >= 0.6 is 0 Å². The molecule has 0 spiro atoms. The van der Waals surface area contributed by atoms with Crippen LogP contribution in [0.25, 0.3) is 11.3 Å². The first-order valence-corrected chi connectivity index (χ1v) is 10.7. The molecule has 10 heteroatoms. The summed E-state index contributed by atoms with van der Waals surface area (Å²) >= 11 is 0. The molecule has 0 unspecified atom stereocenters. The molecule has 1 fully saturated rings. The lowest BCUT2D eigenvalue weighted by Gasteiger charge is -2.34. The number of sulfonamides is 1. The van der Waals surface area contributed by atoms with E-state index in [2.05, 4.69) is 15.0 Å². The molecule has 0 aliphatic carbocycles. The molecule has 0 atom stereocenters. The van der Waals surface area contributed by atoms with Crippen molar-refractivity contribution in [3.8, 4) is 17.0 Å². The molecule has 0 N–H and O–H groups in total. The Bertz CT molecular complexity index is 1120. The molecule has 8 nitrogen and oxygen atoms in total. The van der Waals surface area contributed by atoms with Crippen LogP contribution in [-0.4, -0.2) is 61.0 Å². The van der Waals surface area contributed by atoms with E-state index >= 15 is 4.39 Å². The second-order valence-electron chi connectivity index (χ2n) is 6.67. The van der Waals surface area contributed by atoms with Gasteiger partial charge in [-0.2, -0.15) is 4.31 Å². The van der Waals surface area contributed by atoms with Gasteiger partial charge in [0.2, 0.25) is 10.0 Å². The van der Waals surface area contributed by atoms with Gasteiger partial charge >= 0.3 is 0 Å². The average Bonchev–Trinajstić information content (AvgIpc) is 2.80. The lowest BCUT2D eigenvalue weighted by molar-refractivity contribution is 0.381. The summed E-state index contributed by atoms with van der Waals surface area (Å²) in [5.41, 5.74) is 0.794. The standard InChI is InChI=1S/C20H20FN5O3S/c1-29-16-6-4-15(5-7-16)19-18(21)20(24-14-23-19)25-9-11-26(12-10-25)30(27,28)17-3-2-8-22-13-17/h2-8,13-14H,9-12H2,1H3. The molecule has 30 heavy (non-hydrogen) atoms. The van der Waals surface area contributed by atoms with E-state index in [0.717, 1.165) is 0 Å². The van der Waals surface area contributed by atoms with Gasteiger partial charge in [0.15, 0.2) is 11.6 Å². The number of pyridine rings is 1. The van der Waals surface area contributed by atoms with Crippen molar-refractivity contribution >= 4 is 15.8 Å². The summed E-state index contributed by atoms with van der Waals surface area (Å²) in [4.78, 5) is 14.0. The highest BCUT2D eigenvalue weighted by Crippen LogP contribution is 2.28. The fourth-order valence-electron chi connectivity index (χ4n) is 3.32. The van der Waals surface area contributed by atoms with Gasteiger partial charge in [-0.3, -0.25) is 4.98 Å². The van der Waals surface area contributed by atoms with Crippen LogP contribution in [0.15, 0.2) is 60.0 Å². The maximum absolute atomic E-state index is 15.2. The van der Waals surface area contributed by atoms with Gasteiger partial charge in [0, 0.05) is 44.1 Å². The Morgan fingerprint density at radius 1 is 1.03 bits per heavy atom. The van der Waals surface area contributed by atoms with Crippen LogP contribution in [0, 0.1) is 5.82 Å². The summed E-state index contributed by atoms with van der Waals surface area (Å²) < 4.78 is 47.2. The van der Waals surface area contributed by atoms with Crippen molar-refractivity contribution in [1.29, 1.82) is 0 Å². The Labute approximate surface area is 174 Å². The van der Waals surface area contributed by atoms with Crippen LogP contribution in [0.3, 0.4) is 0 Å². The van der Waals surface area contributed by atoms with E-state index in [1.807, 2.05) is 0 Å². The molecule has 1 saturated heterocycles. The molecular formula is C20H20FN5O3S. The van der Waals surface area contributed by atoms with Crippen molar-refractivity contribution < 1.29 is 17.5 Å². The van der Waals surface area contributed by atoms with E-state index in [-0.39, 0.29) is 29.5 Å². The van der Waals surface area contributed by atoms with E-state index in [9.17, 15) is 8.42 Å². The predicted octanol–water partition coefficient (Wildman–Crippen LogP) is 2.20. The van der Waals surface area contributed by atoms with E-state index in [0.29, 0.717) is 24.4 Å². The number of piperazine rings is 1. The third-order valence-electron chi connectivity index (χ3n) is 4.94. The largest absolute Gasteiger partial charge is 0.497 e. The highest BCUT2D eigenvalue weighted by Gasteiger charge is 2.30. The highest BCUT2D eigenvalue weighted by molar-refractivity contribution is 7.89. The number of benzene rings is 1. The second kappa shape index (κ2) is 8.33. The fraction of sp³-hybridized carbons (Fsp3) is 0.250. The summed E-state index contributed by atoms with van der Waals surface area (Å²) in [7, 11) is -2.07. The fourth-order valence-corrected chi connectivity index (χ4v) is 4.71. The summed E-state index contributed by atoms with van der Waals surface area (Å²) in [6.07, 6.45) is 4.17. The normalized spacial score (nSPS) is 15.2. The SMILES string of the molecule is COc1ccc(-c2ncnc(N3CCN(S(=O)(=O)c4cccnc4)CC3)c2F)cc1. The molecule has 0 saturated carbocycles. The van der Waals surface area contributed by atoms with Crippen molar-refractivity contribution in [1.82, 2.24) is 19.3 Å². The number of rotatable bonds is 5. The van der Waals surface area contributed by atoms with E-state index in [4.69, 9.17) is 4.74 Å². The number of ether oxygens (including phenoxy) is 1. The van der Waals surface area contributed by atoms with Crippen LogP contribution in [0.4, 0.5) is 10.2 Å². The minimum absolute atomic E-state index is 0.147.